The van der Waals surface area contributed by atoms with Crippen LogP contribution in [-0.4, -0.2) is 33.0 Å². The van der Waals surface area contributed by atoms with E-state index in [1.54, 1.807) is 6.92 Å². The first-order valence-corrected chi connectivity index (χ1v) is 12.0. The normalized spacial score (nSPS) is 14.2. The maximum atomic E-state index is 12.5. The molecule has 0 heterocycles. The van der Waals surface area contributed by atoms with Gasteiger partial charge in [-0.3, -0.25) is 0 Å². The highest BCUT2D eigenvalue weighted by atomic mass is 28.4. The summed E-state index contributed by atoms with van der Waals surface area (Å²) in [5, 5.41) is 13.0. The summed E-state index contributed by atoms with van der Waals surface area (Å²) in [4.78, 5) is 12.5. The minimum Gasteiger partial charge on any atom is -0.463 e. The maximum absolute atomic E-state index is 12.5. The van der Waals surface area contributed by atoms with E-state index in [1.807, 2.05) is 30.3 Å². The Kier molecular flexibility index (Phi) is 7.85. The summed E-state index contributed by atoms with van der Waals surface area (Å²) in [5.74, 6) is -0.543. The van der Waals surface area contributed by atoms with Gasteiger partial charge in [-0.2, -0.15) is 5.26 Å². The Balaban J connectivity index is 2.83. The number of benzene rings is 1. The highest BCUT2D eigenvalue weighted by molar-refractivity contribution is 6.74. The van der Waals surface area contributed by atoms with Crippen LogP contribution in [0.1, 0.15) is 40.5 Å². The Morgan fingerprint density at radius 3 is 2.35 bits per heavy atom. The molecule has 0 aliphatic carbocycles. The first-order chi connectivity index (χ1) is 12.1. The zero-order valence-electron chi connectivity index (χ0n) is 16.9. The number of anilines is 1. The second-order valence-electron chi connectivity index (χ2n) is 7.94. The van der Waals surface area contributed by atoms with E-state index in [9.17, 15) is 10.1 Å². The van der Waals surface area contributed by atoms with Gasteiger partial charge in [0.1, 0.15) is 6.07 Å². The first kappa shape index (κ1) is 22.2. The summed E-state index contributed by atoms with van der Waals surface area (Å²) in [5.41, 5.74) is -0.693. The second kappa shape index (κ2) is 9.20. The topological polar surface area (TPSA) is 71.4 Å². The van der Waals surface area contributed by atoms with Crippen molar-refractivity contribution in [3.05, 3.63) is 30.3 Å². The zero-order chi connectivity index (χ0) is 19.8. The molecule has 1 N–H and O–H groups in total. The Labute approximate surface area is 158 Å². The van der Waals surface area contributed by atoms with Crippen molar-refractivity contribution in [2.75, 3.05) is 18.5 Å². The molecule has 5 nitrogen and oxygen atoms in total. The number of ether oxygens (including phenoxy) is 1. The average Bonchev–Trinajstić information content (AvgIpc) is 2.57. The zero-order valence-corrected chi connectivity index (χ0v) is 17.9. The maximum Gasteiger partial charge on any atom is 0.346 e. The van der Waals surface area contributed by atoms with Crippen molar-refractivity contribution in [1.29, 1.82) is 5.26 Å². The third-order valence-electron chi connectivity index (χ3n) is 4.91. The number of esters is 1. The number of para-hydroxylation sites is 1. The first-order valence-electron chi connectivity index (χ1n) is 9.13. The number of nitrogens with one attached hydrogen (secondary N) is 1. The number of hydrogen-bond acceptors (Lipinski definition) is 5. The van der Waals surface area contributed by atoms with Gasteiger partial charge in [0.2, 0.25) is 5.54 Å². The molecule has 0 aromatic heterocycles. The molecule has 1 unspecified atom stereocenters. The van der Waals surface area contributed by atoms with E-state index in [0.29, 0.717) is 25.1 Å². The predicted molar refractivity (Wildman–Crippen MR) is 107 cm³/mol. The van der Waals surface area contributed by atoms with Crippen molar-refractivity contribution in [2.24, 2.45) is 0 Å². The summed E-state index contributed by atoms with van der Waals surface area (Å²) in [6, 6.07) is 11.4. The molecule has 0 spiro atoms. The summed E-state index contributed by atoms with van der Waals surface area (Å²) in [7, 11) is -1.85. The highest BCUT2D eigenvalue weighted by Gasteiger charge is 2.41. The van der Waals surface area contributed by atoms with Crippen LogP contribution in [-0.2, 0) is 14.0 Å². The fourth-order valence-corrected chi connectivity index (χ4v) is 3.34. The fourth-order valence-electron chi connectivity index (χ4n) is 2.25. The molecule has 0 saturated carbocycles. The van der Waals surface area contributed by atoms with Crippen LogP contribution in [0.5, 0.6) is 0 Å². The van der Waals surface area contributed by atoms with Crippen LogP contribution in [0.15, 0.2) is 30.3 Å². The smallest absolute Gasteiger partial charge is 0.346 e. The molecule has 0 bridgehead atoms. The van der Waals surface area contributed by atoms with E-state index in [0.717, 1.165) is 0 Å². The van der Waals surface area contributed by atoms with Gasteiger partial charge in [0, 0.05) is 12.3 Å². The number of carbonyl (C=O) groups is 1. The van der Waals surface area contributed by atoms with Crippen LogP contribution in [0.3, 0.4) is 0 Å². The monoisotopic (exact) mass is 376 g/mol. The van der Waals surface area contributed by atoms with Crippen molar-refractivity contribution in [3.8, 4) is 6.07 Å². The number of carbonyl (C=O) groups excluding carboxylic acids is 1. The quantitative estimate of drug-likeness (QED) is 0.383. The minimum absolute atomic E-state index is 0.128. The van der Waals surface area contributed by atoms with Crippen LogP contribution in [0.4, 0.5) is 5.69 Å². The number of rotatable bonds is 9. The third-order valence-corrected chi connectivity index (χ3v) is 9.45. The molecule has 1 aromatic carbocycles. The van der Waals surface area contributed by atoms with Crippen molar-refractivity contribution in [1.82, 2.24) is 0 Å². The van der Waals surface area contributed by atoms with Gasteiger partial charge in [0.05, 0.1) is 6.61 Å². The van der Waals surface area contributed by atoms with E-state index in [1.165, 1.54) is 0 Å². The molecule has 26 heavy (non-hydrogen) atoms. The van der Waals surface area contributed by atoms with Crippen LogP contribution in [0, 0.1) is 11.3 Å². The molecule has 0 amide bonds. The summed E-state index contributed by atoms with van der Waals surface area (Å²) >= 11 is 0. The molecule has 1 atom stereocenters. The summed E-state index contributed by atoms with van der Waals surface area (Å²) < 4.78 is 11.3. The van der Waals surface area contributed by atoms with E-state index < -0.39 is 19.8 Å². The summed E-state index contributed by atoms with van der Waals surface area (Å²) in [6.45, 7) is 13.4. The van der Waals surface area contributed by atoms with Crippen LogP contribution in [0.25, 0.3) is 0 Å². The largest absolute Gasteiger partial charge is 0.463 e. The average molecular weight is 377 g/mol. The molecule has 0 fully saturated rings. The standard InChI is InChI=1S/C20H32N2O3Si/c1-7-24-18(23)20(16-21,22-17-12-9-8-10-13-17)14-11-15-25-26(5,6)19(2,3)4/h8-10,12-13,22H,7,11,14-15H2,1-6H3. The molecular formula is C20H32N2O3Si. The van der Waals surface area contributed by atoms with Crippen molar-refractivity contribution < 1.29 is 14.0 Å². The second-order valence-corrected chi connectivity index (χ2v) is 12.8. The Morgan fingerprint density at radius 2 is 1.85 bits per heavy atom. The van der Waals surface area contributed by atoms with E-state index in [2.05, 4.69) is 45.3 Å². The molecule has 0 radical (unpaired) electrons. The van der Waals surface area contributed by atoms with E-state index in [-0.39, 0.29) is 11.6 Å². The molecule has 6 heteroatoms. The van der Waals surface area contributed by atoms with Crippen LogP contribution < -0.4 is 5.32 Å². The van der Waals surface area contributed by atoms with E-state index >= 15 is 0 Å². The predicted octanol–water partition coefficient (Wildman–Crippen LogP) is 4.73. The molecule has 0 aliphatic rings. The van der Waals surface area contributed by atoms with Crippen LogP contribution in [0.2, 0.25) is 18.1 Å². The van der Waals surface area contributed by atoms with Gasteiger partial charge in [0.25, 0.3) is 0 Å². The lowest BCUT2D eigenvalue weighted by Gasteiger charge is -2.36. The lowest BCUT2D eigenvalue weighted by molar-refractivity contribution is -0.146. The fraction of sp³-hybridized carbons (Fsp3) is 0.600. The number of hydrogen-bond donors (Lipinski definition) is 1. The van der Waals surface area contributed by atoms with Crippen molar-refractivity contribution >= 4 is 20.0 Å². The van der Waals surface area contributed by atoms with Gasteiger partial charge >= 0.3 is 5.97 Å². The van der Waals surface area contributed by atoms with Gasteiger partial charge in [-0.1, -0.05) is 39.0 Å². The molecule has 144 valence electrons. The SMILES string of the molecule is CCOC(=O)C(C#N)(CCCO[Si](C)(C)C(C)(C)C)Nc1ccccc1. The Morgan fingerprint density at radius 1 is 1.23 bits per heavy atom. The lowest BCUT2D eigenvalue weighted by atomic mass is 9.94. The van der Waals surface area contributed by atoms with Gasteiger partial charge in [-0.15, -0.1) is 0 Å². The number of nitriles is 1. The molecule has 1 rings (SSSR count). The minimum atomic E-state index is -1.85. The molecule has 0 saturated heterocycles. The number of nitrogens with zero attached hydrogens (tertiary/aromatic N) is 1. The van der Waals surface area contributed by atoms with Gasteiger partial charge in [-0.05, 0) is 50.0 Å². The van der Waals surface area contributed by atoms with Gasteiger partial charge in [0.15, 0.2) is 8.32 Å². The molecule has 0 aliphatic heterocycles. The third kappa shape index (κ3) is 5.86. The molecular weight excluding hydrogens is 344 g/mol. The molecule has 1 aromatic rings. The summed E-state index contributed by atoms with van der Waals surface area (Å²) in [6.07, 6.45) is 0.921. The van der Waals surface area contributed by atoms with Gasteiger partial charge in [-0.25, -0.2) is 4.79 Å². The van der Waals surface area contributed by atoms with Crippen molar-refractivity contribution in [3.63, 3.8) is 0 Å². The van der Waals surface area contributed by atoms with Crippen molar-refractivity contribution in [2.45, 2.75) is 64.2 Å². The van der Waals surface area contributed by atoms with E-state index in [4.69, 9.17) is 9.16 Å². The van der Waals surface area contributed by atoms with Crippen LogP contribution >= 0.6 is 0 Å². The lowest BCUT2D eigenvalue weighted by Crippen LogP contribution is -2.47. The Bertz CT molecular complexity index is 620. The Hall–Kier alpha value is -1.84. The highest BCUT2D eigenvalue weighted by Crippen LogP contribution is 2.36. The van der Waals surface area contributed by atoms with Gasteiger partial charge < -0.3 is 14.5 Å².